The van der Waals surface area contributed by atoms with Crippen molar-refractivity contribution in [2.45, 2.75) is 6.92 Å². The average molecular weight is 396 g/mol. The number of hydrogen-bond donors (Lipinski definition) is 2. The number of rotatable bonds is 5. The smallest absolute Gasteiger partial charge is 0.339 e. The van der Waals surface area contributed by atoms with E-state index in [9.17, 15) is 9.59 Å². The summed E-state index contributed by atoms with van der Waals surface area (Å²) in [6.07, 6.45) is 1.52. The van der Waals surface area contributed by atoms with Crippen LogP contribution in [0.25, 0.3) is 0 Å². The molecule has 0 aliphatic heterocycles. The molecule has 0 aliphatic carbocycles. The Morgan fingerprint density at radius 1 is 1.04 bits per heavy atom. The highest BCUT2D eigenvalue weighted by molar-refractivity contribution is 6.31. The summed E-state index contributed by atoms with van der Waals surface area (Å²) in [5.41, 5.74) is 3.41. The van der Waals surface area contributed by atoms with Crippen LogP contribution in [0.15, 0.2) is 60.8 Å². The highest BCUT2D eigenvalue weighted by atomic mass is 35.5. The first-order valence-electron chi connectivity index (χ1n) is 8.46. The second-order valence-electron chi connectivity index (χ2n) is 6.01. The molecule has 0 unspecified atom stereocenters. The molecule has 0 fully saturated rings. The Kier molecular flexibility index (Phi) is 5.91. The number of methoxy groups -OCH3 is 1. The van der Waals surface area contributed by atoms with E-state index < -0.39 is 5.97 Å². The third-order valence-corrected chi connectivity index (χ3v) is 4.29. The third kappa shape index (κ3) is 4.47. The van der Waals surface area contributed by atoms with Crippen molar-refractivity contribution in [2.24, 2.45) is 0 Å². The van der Waals surface area contributed by atoms with Gasteiger partial charge in [-0.2, -0.15) is 0 Å². The average Bonchev–Trinajstić information content (AvgIpc) is 2.71. The van der Waals surface area contributed by atoms with Crippen LogP contribution >= 0.6 is 11.6 Å². The second-order valence-corrected chi connectivity index (χ2v) is 6.44. The van der Waals surface area contributed by atoms with E-state index in [1.165, 1.54) is 13.3 Å². The van der Waals surface area contributed by atoms with E-state index >= 15 is 0 Å². The van der Waals surface area contributed by atoms with Crippen molar-refractivity contribution < 1.29 is 14.3 Å². The highest BCUT2D eigenvalue weighted by Gasteiger charge is 2.13. The molecule has 7 heteroatoms. The molecule has 1 amide bonds. The van der Waals surface area contributed by atoms with Gasteiger partial charge in [0.2, 0.25) is 0 Å². The van der Waals surface area contributed by atoms with Crippen molar-refractivity contribution in [3.63, 3.8) is 0 Å². The monoisotopic (exact) mass is 395 g/mol. The molecule has 0 atom stereocenters. The van der Waals surface area contributed by atoms with Gasteiger partial charge in [-0.3, -0.25) is 4.79 Å². The zero-order valence-electron chi connectivity index (χ0n) is 15.3. The van der Waals surface area contributed by atoms with Crippen LogP contribution in [0.5, 0.6) is 0 Å². The van der Waals surface area contributed by atoms with Crippen LogP contribution in [-0.2, 0) is 4.74 Å². The number of aryl methyl sites for hydroxylation is 1. The Labute approximate surface area is 167 Å². The van der Waals surface area contributed by atoms with E-state index in [2.05, 4.69) is 15.6 Å². The molecule has 0 spiro atoms. The second kappa shape index (κ2) is 8.54. The minimum Gasteiger partial charge on any atom is -0.465 e. The van der Waals surface area contributed by atoms with Gasteiger partial charge >= 0.3 is 5.97 Å². The SMILES string of the molecule is COC(=O)c1ccccc1Nc1ccc(C(=O)Nc2cc(Cl)ccc2C)nc1. The van der Waals surface area contributed by atoms with E-state index in [1.807, 2.05) is 13.0 Å². The topological polar surface area (TPSA) is 80.3 Å². The van der Waals surface area contributed by atoms with Crippen LogP contribution in [0.2, 0.25) is 5.02 Å². The molecule has 1 heterocycles. The number of nitrogens with one attached hydrogen (secondary N) is 2. The van der Waals surface area contributed by atoms with Crippen molar-refractivity contribution >= 4 is 40.5 Å². The predicted octanol–water partition coefficient (Wildman–Crippen LogP) is 4.83. The maximum Gasteiger partial charge on any atom is 0.339 e. The number of aromatic nitrogens is 1. The van der Waals surface area contributed by atoms with Crippen LogP contribution in [0.4, 0.5) is 17.1 Å². The van der Waals surface area contributed by atoms with Crippen molar-refractivity contribution in [3.05, 3.63) is 82.6 Å². The zero-order valence-corrected chi connectivity index (χ0v) is 16.1. The molecule has 28 heavy (non-hydrogen) atoms. The van der Waals surface area contributed by atoms with E-state index in [0.29, 0.717) is 27.6 Å². The fourth-order valence-corrected chi connectivity index (χ4v) is 2.73. The molecular formula is C21H18ClN3O3. The number of ether oxygens (including phenoxy) is 1. The molecule has 142 valence electrons. The Morgan fingerprint density at radius 2 is 1.82 bits per heavy atom. The molecule has 0 aliphatic rings. The van der Waals surface area contributed by atoms with Crippen LogP contribution in [0, 0.1) is 6.92 Å². The van der Waals surface area contributed by atoms with Gasteiger partial charge in [0.15, 0.2) is 0 Å². The molecule has 2 aromatic carbocycles. The number of halogens is 1. The summed E-state index contributed by atoms with van der Waals surface area (Å²) in [6, 6.07) is 15.6. The molecule has 0 saturated heterocycles. The molecule has 1 aromatic heterocycles. The summed E-state index contributed by atoms with van der Waals surface area (Å²) in [4.78, 5) is 28.5. The van der Waals surface area contributed by atoms with Crippen molar-refractivity contribution in [2.75, 3.05) is 17.7 Å². The summed E-state index contributed by atoms with van der Waals surface area (Å²) in [7, 11) is 1.33. The lowest BCUT2D eigenvalue weighted by Gasteiger charge is -2.11. The Balaban J connectivity index is 1.74. The Hall–Kier alpha value is -3.38. The lowest BCUT2D eigenvalue weighted by Crippen LogP contribution is -2.14. The lowest BCUT2D eigenvalue weighted by molar-refractivity contribution is 0.0601. The third-order valence-electron chi connectivity index (χ3n) is 4.06. The van der Waals surface area contributed by atoms with Gasteiger partial charge < -0.3 is 15.4 Å². The van der Waals surface area contributed by atoms with E-state index in [4.69, 9.17) is 16.3 Å². The fourth-order valence-electron chi connectivity index (χ4n) is 2.55. The summed E-state index contributed by atoms with van der Waals surface area (Å²) in [5.74, 6) is -0.782. The van der Waals surface area contributed by atoms with Gasteiger partial charge in [0, 0.05) is 10.7 Å². The number of hydrogen-bond acceptors (Lipinski definition) is 5. The highest BCUT2D eigenvalue weighted by Crippen LogP contribution is 2.23. The minimum absolute atomic E-state index is 0.256. The summed E-state index contributed by atoms with van der Waals surface area (Å²) >= 11 is 5.98. The Morgan fingerprint density at radius 3 is 2.54 bits per heavy atom. The van der Waals surface area contributed by atoms with Crippen LogP contribution in [0.1, 0.15) is 26.4 Å². The van der Waals surface area contributed by atoms with Crippen LogP contribution in [-0.4, -0.2) is 24.0 Å². The van der Waals surface area contributed by atoms with Gasteiger partial charge in [0.05, 0.1) is 30.2 Å². The first-order valence-corrected chi connectivity index (χ1v) is 8.83. The quantitative estimate of drug-likeness (QED) is 0.605. The molecule has 0 radical (unpaired) electrons. The fraction of sp³-hybridized carbons (Fsp3) is 0.0952. The largest absolute Gasteiger partial charge is 0.465 e. The van der Waals surface area contributed by atoms with Crippen LogP contribution in [0.3, 0.4) is 0 Å². The van der Waals surface area contributed by atoms with Gasteiger partial charge in [0.1, 0.15) is 5.69 Å². The minimum atomic E-state index is -0.441. The standard InChI is InChI=1S/C21H18ClN3O3/c1-13-7-8-14(22)11-19(13)25-20(26)18-10-9-15(12-23-18)24-17-6-4-3-5-16(17)21(27)28-2/h3-12,24H,1-2H3,(H,25,26). The van der Waals surface area contributed by atoms with Crippen LogP contribution < -0.4 is 10.6 Å². The number of amides is 1. The summed E-state index contributed by atoms with van der Waals surface area (Å²) < 4.78 is 4.78. The predicted molar refractivity (Wildman–Crippen MR) is 109 cm³/mol. The maximum atomic E-state index is 12.4. The molecule has 0 saturated carbocycles. The lowest BCUT2D eigenvalue weighted by atomic mass is 10.1. The molecule has 6 nitrogen and oxygen atoms in total. The zero-order chi connectivity index (χ0) is 20.1. The number of benzene rings is 2. The number of carbonyl (C=O) groups is 2. The number of anilines is 3. The van der Waals surface area contributed by atoms with Crippen molar-refractivity contribution in [1.29, 1.82) is 0 Å². The molecule has 2 N–H and O–H groups in total. The number of esters is 1. The number of pyridine rings is 1. The van der Waals surface area contributed by atoms with Crippen molar-refractivity contribution in [1.82, 2.24) is 4.98 Å². The summed E-state index contributed by atoms with van der Waals surface area (Å²) in [5, 5.41) is 6.45. The van der Waals surface area contributed by atoms with Gasteiger partial charge in [0.25, 0.3) is 5.91 Å². The molecule has 3 rings (SSSR count). The number of para-hydroxylation sites is 1. The number of carbonyl (C=O) groups excluding carboxylic acids is 2. The summed E-state index contributed by atoms with van der Waals surface area (Å²) in [6.45, 7) is 1.88. The molecular weight excluding hydrogens is 378 g/mol. The Bertz CT molecular complexity index is 1020. The van der Waals surface area contributed by atoms with Gasteiger partial charge in [-0.05, 0) is 48.9 Å². The van der Waals surface area contributed by atoms with Gasteiger partial charge in [-0.25, -0.2) is 9.78 Å². The van der Waals surface area contributed by atoms with Crippen molar-refractivity contribution in [3.8, 4) is 0 Å². The van der Waals surface area contributed by atoms with Gasteiger partial charge in [-0.1, -0.05) is 29.8 Å². The normalized spacial score (nSPS) is 10.2. The number of nitrogens with zero attached hydrogens (tertiary/aromatic N) is 1. The molecule has 3 aromatic rings. The van der Waals surface area contributed by atoms with E-state index in [0.717, 1.165) is 5.56 Å². The first kappa shape index (κ1) is 19.4. The van der Waals surface area contributed by atoms with E-state index in [-0.39, 0.29) is 11.6 Å². The van der Waals surface area contributed by atoms with E-state index in [1.54, 1.807) is 48.5 Å². The van der Waals surface area contributed by atoms with Gasteiger partial charge in [-0.15, -0.1) is 0 Å². The molecule has 0 bridgehead atoms. The first-order chi connectivity index (χ1) is 13.5. The maximum absolute atomic E-state index is 12.4.